The molecule has 7 nitrogen and oxygen atoms in total. The second-order valence-electron chi connectivity index (χ2n) is 7.00. The summed E-state index contributed by atoms with van der Waals surface area (Å²) >= 11 is 0. The Balaban J connectivity index is 1.87. The summed E-state index contributed by atoms with van der Waals surface area (Å²) in [6, 6.07) is 8.12. The summed E-state index contributed by atoms with van der Waals surface area (Å²) in [7, 11) is 0. The number of hydrogen-bond acceptors (Lipinski definition) is 6. The minimum absolute atomic E-state index is 0.263. The number of carboxylic acids is 1. The third-order valence-corrected chi connectivity index (χ3v) is 5.15. The number of aliphatic carboxylic acids is 1. The van der Waals surface area contributed by atoms with Crippen LogP contribution in [0.25, 0.3) is 5.57 Å². The minimum atomic E-state index is -0.852. The van der Waals surface area contributed by atoms with E-state index in [4.69, 9.17) is 11.5 Å². The van der Waals surface area contributed by atoms with Gasteiger partial charge in [-0.2, -0.15) is 4.98 Å². The molecule has 1 atom stereocenters. The number of rotatable bonds is 5. The molecular formula is C21H25N5O2. The van der Waals surface area contributed by atoms with Crippen LogP contribution in [0.5, 0.6) is 0 Å². The number of benzene rings is 1. The second kappa shape index (κ2) is 8.12. The Labute approximate surface area is 164 Å². The molecule has 7 heteroatoms. The smallest absolute Gasteiger partial charge is 0.310 e. The number of nitrogens with zero attached hydrogens (tertiary/aromatic N) is 3. The van der Waals surface area contributed by atoms with Crippen molar-refractivity contribution in [1.82, 2.24) is 9.97 Å². The van der Waals surface area contributed by atoms with Crippen molar-refractivity contribution in [2.75, 3.05) is 17.2 Å². The summed E-state index contributed by atoms with van der Waals surface area (Å²) in [5.41, 5.74) is 16.6. The molecular weight excluding hydrogens is 354 g/mol. The fourth-order valence-corrected chi connectivity index (χ4v) is 3.26. The van der Waals surface area contributed by atoms with E-state index < -0.39 is 11.9 Å². The predicted octanol–water partition coefficient (Wildman–Crippen LogP) is 2.59. The van der Waals surface area contributed by atoms with Gasteiger partial charge in [-0.15, -0.1) is 0 Å². The summed E-state index contributed by atoms with van der Waals surface area (Å²) in [5, 5.41) is 9.21. The Hall–Kier alpha value is -3.35. The molecule has 0 aliphatic carbocycles. The average molecular weight is 379 g/mol. The van der Waals surface area contributed by atoms with E-state index in [1.54, 1.807) is 13.1 Å². The van der Waals surface area contributed by atoms with Crippen LogP contribution in [0.15, 0.2) is 48.3 Å². The highest BCUT2D eigenvalue weighted by Crippen LogP contribution is 2.28. The molecule has 3 rings (SSSR count). The zero-order valence-corrected chi connectivity index (χ0v) is 16.1. The minimum Gasteiger partial charge on any atom is -0.481 e. The summed E-state index contributed by atoms with van der Waals surface area (Å²) < 4.78 is 0. The van der Waals surface area contributed by atoms with Gasteiger partial charge in [-0.05, 0) is 54.7 Å². The van der Waals surface area contributed by atoms with Gasteiger partial charge in [-0.25, -0.2) is 4.98 Å². The van der Waals surface area contributed by atoms with Gasteiger partial charge in [0.1, 0.15) is 5.82 Å². The monoisotopic (exact) mass is 379 g/mol. The van der Waals surface area contributed by atoms with E-state index in [2.05, 4.69) is 27.0 Å². The van der Waals surface area contributed by atoms with Crippen LogP contribution < -0.4 is 16.4 Å². The number of carbonyl (C=O) groups is 1. The zero-order valence-electron chi connectivity index (χ0n) is 16.1. The first-order valence-corrected chi connectivity index (χ1v) is 9.17. The first-order chi connectivity index (χ1) is 13.4. The summed E-state index contributed by atoms with van der Waals surface area (Å²) in [5.74, 6) is -0.343. The van der Waals surface area contributed by atoms with Crippen LogP contribution in [0.3, 0.4) is 0 Å². The van der Waals surface area contributed by atoms with Crippen molar-refractivity contribution in [3.8, 4) is 0 Å². The van der Waals surface area contributed by atoms with Gasteiger partial charge in [-0.1, -0.05) is 23.8 Å². The van der Waals surface area contributed by atoms with E-state index in [1.165, 1.54) is 17.3 Å². The number of fused-ring (bicyclic) bond motifs is 1. The van der Waals surface area contributed by atoms with Crippen LogP contribution in [0.1, 0.15) is 30.5 Å². The highest BCUT2D eigenvalue weighted by Gasteiger charge is 2.19. The van der Waals surface area contributed by atoms with Crippen LogP contribution in [0, 0.1) is 5.92 Å². The van der Waals surface area contributed by atoms with E-state index in [0.29, 0.717) is 6.54 Å². The number of hydrogen-bond donors (Lipinski definition) is 3. The van der Waals surface area contributed by atoms with Gasteiger partial charge in [0.25, 0.3) is 0 Å². The molecule has 1 aliphatic heterocycles. The topological polar surface area (TPSA) is 118 Å². The molecule has 0 fully saturated rings. The Morgan fingerprint density at radius 2 is 2.11 bits per heavy atom. The third kappa shape index (κ3) is 4.14. The predicted molar refractivity (Wildman–Crippen MR) is 110 cm³/mol. The van der Waals surface area contributed by atoms with Gasteiger partial charge in [0.05, 0.1) is 5.92 Å². The van der Waals surface area contributed by atoms with Crippen molar-refractivity contribution in [3.63, 3.8) is 0 Å². The molecule has 2 aromatic rings. The maximum absolute atomic E-state index is 11.2. The largest absolute Gasteiger partial charge is 0.481 e. The fraction of sp³-hybridized carbons (Fsp3) is 0.286. The molecule has 0 bridgehead atoms. The van der Waals surface area contributed by atoms with Gasteiger partial charge in [0.15, 0.2) is 0 Å². The first-order valence-electron chi connectivity index (χ1n) is 9.17. The molecule has 0 radical (unpaired) electrons. The standard InChI is InChI=1S/C21H25N5O2/c1-13(14(2)20(27)28)9-17(11-22)16-4-3-15-6-8-26(12-18(15)10-16)19-5-7-24-21(23)25-19/h3-5,7,9-11,14H,6,8,12,22H2,1-2H3,(H,27,28)(H2,23,24,25)/b13-9-,17-11+. The highest BCUT2D eigenvalue weighted by molar-refractivity contribution is 5.78. The maximum atomic E-state index is 11.2. The number of anilines is 2. The van der Waals surface area contributed by atoms with Crippen molar-refractivity contribution in [1.29, 1.82) is 0 Å². The molecule has 0 saturated carbocycles. The van der Waals surface area contributed by atoms with E-state index in [-0.39, 0.29) is 5.95 Å². The summed E-state index contributed by atoms with van der Waals surface area (Å²) in [4.78, 5) is 21.7. The SMILES string of the molecule is C/C(=C/C(=C\N)c1ccc2c(c1)CN(c1ccnc(N)n1)CC2)C(C)C(=O)O. The Bertz CT molecular complexity index is 952. The lowest BCUT2D eigenvalue weighted by atomic mass is 9.93. The van der Waals surface area contributed by atoms with Crippen molar-refractivity contribution in [2.24, 2.45) is 11.7 Å². The zero-order chi connectivity index (χ0) is 20.3. The van der Waals surface area contributed by atoms with Gasteiger partial charge in [0, 0.05) is 25.5 Å². The van der Waals surface area contributed by atoms with Crippen LogP contribution in [0.4, 0.5) is 11.8 Å². The molecule has 146 valence electrons. The molecule has 1 aromatic heterocycles. The normalized spacial score (nSPS) is 15.9. The molecule has 28 heavy (non-hydrogen) atoms. The van der Waals surface area contributed by atoms with Gasteiger partial charge < -0.3 is 21.5 Å². The number of nitrogens with two attached hydrogens (primary N) is 2. The molecule has 2 heterocycles. The third-order valence-electron chi connectivity index (χ3n) is 5.15. The van der Waals surface area contributed by atoms with Gasteiger partial charge in [-0.3, -0.25) is 4.79 Å². The highest BCUT2D eigenvalue weighted by atomic mass is 16.4. The molecule has 0 amide bonds. The van der Waals surface area contributed by atoms with Crippen LogP contribution >= 0.6 is 0 Å². The first kappa shape index (κ1) is 19.4. The van der Waals surface area contributed by atoms with Crippen LogP contribution in [0.2, 0.25) is 0 Å². The fourth-order valence-electron chi connectivity index (χ4n) is 3.26. The maximum Gasteiger partial charge on any atom is 0.310 e. The van der Waals surface area contributed by atoms with Crippen molar-refractivity contribution < 1.29 is 9.90 Å². The van der Waals surface area contributed by atoms with E-state index in [0.717, 1.165) is 35.5 Å². The van der Waals surface area contributed by atoms with E-state index in [9.17, 15) is 9.90 Å². The second-order valence-corrected chi connectivity index (χ2v) is 7.00. The van der Waals surface area contributed by atoms with E-state index in [1.807, 2.05) is 25.1 Å². The Kier molecular flexibility index (Phi) is 5.63. The van der Waals surface area contributed by atoms with Crippen molar-refractivity contribution in [2.45, 2.75) is 26.8 Å². The quantitative estimate of drug-likeness (QED) is 0.683. The van der Waals surface area contributed by atoms with Crippen molar-refractivity contribution >= 4 is 23.3 Å². The number of allylic oxidation sites excluding steroid dienone is 2. The Morgan fingerprint density at radius 3 is 2.79 bits per heavy atom. The lowest BCUT2D eigenvalue weighted by Gasteiger charge is -2.30. The molecule has 1 unspecified atom stereocenters. The van der Waals surface area contributed by atoms with Crippen LogP contribution in [-0.2, 0) is 17.8 Å². The molecule has 0 saturated heterocycles. The summed E-state index contributed by atoms with van der Waals surface area (Å²) in [6.45, 7) is 5.05. The molecule has 1 aromatic carbocycles. The van der Waals surface area contributed by atoms with Crippen LogP contribution in [-0.4, -0.2) is 27.6 Å². The molecule has 5 N–H and O–H groups in total. The number of nitrogen functional groups attached to an aromatic ring is 1. The van der Waals surface area contributed by atoms with Gasteiger partial charge in [0.2, 0.25) is 5.95 Å². The lowest BCUT2D eigenvalue weighted by molar-refractivity contribution is -0.139. The number of carboxylic acid groups (broad SMARTS) is 1. The van der Waals surface area contributed by atoms with Crippen molar-refractivity contribution in [3.05, 3.63) is 65.0 Å². The molecule has 0 spiro atoms. The van der Waals surface area contributed by atoms with Gasteiger partial charge >= 0.3 is 5.97 Å². The molecule has 1 aliphatic rings. The number of aromatic nitrogens is 2. The Morgan fingerprint density at radius 1 is 1.32 bits per heavy atom. The summed E-state index contributed by atoms with van der Waals surface area (Å²) in [6.07, 6.45) is 5.93. The van der Waals surface area contributed by atoms with E-state index >= 15 is 0 Å². The average Bonchev–Trinajstić information content (AvgIpc) is 2.70. The lowest BCUT2D eigenvalue weighted by Crippen LogP contribution is -2.31.